The summed E-state index contributed by atoms with van der Waals surface area (Å²) >= 11 is 0. The highest BCUT2D eigenvalue weighted by molar-refractivity contribution is 5.93. The fourth-order valence-electron chi connectivity index (χ4n) is 7.65. The number of hydrogen-bond donors (Lipinski definition) is 2. The number of amides is 2. The third-order valence-corrected chi connectivity index (χ3v) is 10.5. The van der Waals surface area contributed by atoms with Gasteiger partial charge in [0.15, 0.2) is 11.3 Å². The fourth-order valence-corrected chi connectivity index (χ4v) is 7.65. The van der Waals surface area contributed by atoms with Crippen LogP contribution < -0.4 is 10.6 Å². The van der Waals surface area contributed by atoms with Gasteiger partial charge in [-0.3, -0.25) is 9.59 Å². The summed E-state index contributed by atoms with van der Waals surface area (Å²) in [5.41, 5.74) is 2.18. The van der Waals surface area contributed by atoms with E-state index < -0.39 is 24.0 Å². The fraction of sp³-hybridized carbons (Fsp3) is 0.677. The second-order valence-corrected chi connectivity index (χ2v) is 13.8. The number of halogens is 3. The number of hydrogen-bond acceptors (Lipinski definition) is 7. The van der Waals surface area contributed by atoms with E-state index in [2.05, 4.69) is 26.0 Å². The zero-order valence-electron chi connectivity index (χ0n) is 24.9. The first-order valence-electron chi connectivity index (χ1n) is 15.8. The molecule has 0 saturated heterocycles. The van der Waals surface area contributed by atoms with E-state index in [1.807, 2.05) is 19.9 Å². The normalized spacial score (nSPS) is 27.7. The Morgan fingerprint density at radius 2 is 1.80 bits per heavy atom. The van der Waals surface area contributed by atoms with Crippen molar-refractivity contribution in [3.63, 3.8) is 0 Å². The average molecular weight is 614 g/mol. The summed E-state index contributed by atoms with van der Waals surface area (Å²) in [7, 11) is 0. The Labute approximate surface area is 252 Å². The van der Waals surface area contributed by atoms with E-state index in [1.165, 1.54) is 0 Å². The quantitative estimate of drug-likeness (QED) is 0.304. The molecule has 4 fully saturated rings. The zero-order valence-corrected chi connectivity index (χ0v) is 24.9. The molecule has 3 heterocycles. The topological polar surface area (TPSA) is 127 Å². The molecule has 44 heavy (non-hydrogen) atoms. The molecule has 4 aliphatic rings. The summed E-state index contributed by atoms with van der Waals surface area (Å²) < 4.78 is 48.5. The second kappa shape index (κ2) is 10.8. The molecular weight excluding hydrogens is 575 g/mol. The number of nitrogens with one attached hydrogen (secondary N) is 2. The summed E-state index contributed by atoms with van der Waals surface area (Å²) in [5.74, 6) is -3.33. The number of alkyl halides is 3. The van der Waals surface area contributed by atoms with E-state index >= 15 is 0 Å². The molecular formula is C31H38F3N7O3. The molecule has 1 unspecified atom stereocenters. The Balaban J connectivity index is 1.13. The Bertz CT molecular complexity index is 1560. The van der Waals surface area contributed by atoms with Gasteiger partial charge in [0.05, 0.1) is 30.2 Å². The van der Waals surface area contributed by atoms with Crippen LogP contribution in [0.5, 0.6) is 0 Å². The van der Waals surface area contributed by atoms with Crippen LogP contribution in [0.15, 0.2) is 23.1 Å². The lowest BCUT2D eigenvalue weighted by Gasteiger charge is -2.60. The summed E-state index contributed by atoms with van der Waals surface area (Å²) in [6.45, 7) is 3.74. The van der Waals surface area contributed by atoms with Gasteiger partial charge in [0.25, 0.3) is 5.91 Å². The minimum Gasteiger partial charge on any atom is -0.349 e. The van der Waals surface area contributed by atoms with Crippen molar-refractivity contribution in [2.24, 2.45) is 23.2 Å². The summed E-state index contributed by atoms with van der Waals surface area (Å²) in [6.07, 6.45) is 7.16. The van der Waals surface area contributed by atoms with Crippen LogP contribution in [0.4, 0.5) is 13.2 Å². The number of fused-ring (bicyclic) bond motifs is 2. The number of nitrogens with zero attached hydrogens (tertiary/aromatic N) is 5. The molecule has 7 rings (SSSR count). The van der Waals surface area contributed by atoms with Gasteiger partial charge in [-0.2, -0.15) is 5.10 Å². The molecule has 0 aromatic carbocycles. The van der Waals surface area contributed by atoms with Crippen LogP contribution in [0.3, 0.4) is 0 Å². The molecule has 0 spiro atoms. The van der Waals surface area contributed by atoms with E-state index in [4.69, 9.17) is 9.61 Å². The van der Waals surface area contributed by atoms with Crippen molar-refractivity contribution in [3.8, 4) is 0 Å². The molecule has 2 N–H and O–H groups in total. The van der Waals surface area contributed by atoms with Crippen LogP contribution in [0.25, 0.3) is 5.65 Å². The predicted octanol–water partition coefficient (Wildman–Crippen LogP) is 5.63. The largest absolute Gasteiger partial charge is 0.349 e. The van der Waals surface area contributed by atoms with Gasteiger partial charge in [0, 0.05) is 25.2 Å². The molecule has 0 radical (unpaired) electrons. The molecule has 4 saturated carbocycles. The molecule has 3 aromatic rings. The Morgan fingerprint density at radius 3 is 2.43 bits per heavy atom. The lowest BCUT2D eigenvalue weighted by Crippen LogP contribution is -2.58. The third kappa shape index (κ3) is 5.36. The highest BCUT2D eigenvalue weighted by Crippen LogP contribution is 2.64. The Morgan fingerprint density at radius 1 is 1.05 bits per heavy atom. The number of rotatable bonds is 10. The number of carbonyl (C=O) groups excluding carboxylic acids is 2. The Kier molecular flexibility index (Phi) is 7.19. The van der Waals surface area contributed by atoms with E-state index in [9.17, 15) is 22.8 Å². The van der Waals surface area contributed by atoms with Crippen LogP contribution >= 0.6 is 0 Å². The lowest BCUT2D eigenvalue weighted by molar-refractivity contribution is -0.161. The van der Waals surface area contributed by atoms with Crippen molar-refractivity contribution in [1.29, 1.82) is 0 Å². The van der Waals surface area contributed by atoms with Crippen molar-refractivity contribution in [2.75, 3.05) is 0 Å². The van der Waals surface area contributed by atoms with Crippen molar-refractivity contribution in [3.05, 3.63) is 41.1 Å². The SMILES string of the molecule is CC(C)c1nonc1C(=O)N[C@H](c1cn2ncc([C@H](NC(=O)C[C@]34CCC3[C@H](F)C4)C3CC3)cc2n1)C1CCC(F)(F)CC1. The van der Waals surface area contributed by atoms with Gasteiger partial charge < -0.3 is 10.6 Å². The first-order chi connectivity index (χ1) is 21.0. The molecule has 0 bridgehead atoms. The van der Waals surface area contributed by atoms with Gasteiger partial charge in [-0.15, -0.1) is 0 Å². The maximum Gasteiger partial charge on any atom is 0.276 e. The van der Waals surface area contributed by atoms with Crippen molar-refractivity contribution in [1.82, 2.24) is 35.5 Å². The van der Waals surface area contributed by atoms with Crippen LogP contribution in [-0.4, -0.2) is 48.8 Å². The molecule has 10 nitrogen and oxygen atoms in total. The predicted molar refractivity (Wildman–Crippen MR) is 151 cm³/mol. The van der Waals surface area contributed by atoms with E-state index in [1.54, 1.807) is 16.9 Å². The number of imidazole rings is 1. The molecule has 3 aromatic heterocycles. The molecule has 2 amide bonds. The standard InChI is InChI=1S/C31H38F3N7O3/c1-16(2)25-28(40-44-39-25)29(43)38-27(18-5-9-31(33,34)10-6-18)22-15-41-23(36-22)11-19(14-35-41)26(17-3-4-17)37-24(42)13-30-8-7-20(30)21(32)12-30/h11,14-18,20-21,26-27H,3-10,12-13H2,1-2H3,(H,37,42)(H,38,43)/t20?,21-,26-,27+,30-/m1/s1. The highest BCUT2D eigenvalue weighted by atomic mass is 19.3. The summed E-state index contributed by atoms with van der Waals surface area (Å²) in [5, 5.41) is 18.4. The molecule has 0 aliphatic heterocycles. The average Bonchev–Trinajstić information content (AvgIpc) is 3.51. The van der Waals surface area contributed by atoms with Crippen molar-refractivity contribution in [2.45, 2.75) is 108 Å². The summed E-state index contributed by atoms with van der Waals surface area (Å²) in [4.78, 5) is 31.3. The molecule has 236 valence electrons. The van der Waals surface area contributed by atoms with Crippen LogP contribution in [0.2, 0.25) is 0 Å². The first-order valence-corrected chi connectivity index (χ1v) is 15.8. The van der Waals surface area contributed by atoms with Gasteiger partial charge >= 0.3 is 0 Å². The highest BCUT2D eigenvalue weighted by Gasteiger charge is 2.61. The maximum atomic E-state index is 14.1. The van der Waals surface area contributed by atoms with E-state index in [0.717, 1.165) is 31.2 Å². The second-order valence-electron chi connectivity index (χ2n) is 13.8. The minimum atomic E-state index is -2.73. The van der Waals surface area contributed by atoms with Crippen LogP contribution in [-0.2, 0) is 4.79 Å². The van der Waals surface area contributed by atoms with Gasteiger partial charge in [-0.1, -0.05) is 19.0 Å². The lowest BCUT2D eigenvalue weighted by atomic mass is 9.45. The first kappa shape index (κ1) is 29.2. The van der Waals surface area contributed by atoms with E-state index in [0.29, 0.717) is 35.8 Å². The minimum absolute atomic E-state index is 0.0234. The molecule has 5 atom stereocenters. The number of aromatic nitrogens is 5. The monoisotopic (exact) mass is 613 g/mol. The smallest absolute Gasteiger partial charge is 0.276 e. The van der Waals surface area contributed by atoms with Crippen LogP contribution in [0, 0.1) is 23.2 Å². The third-order valence-electron chi connectivity index (χ3n) is 10.5. The van der Waals surface area contributed by atoms with Crippen molar-refractivity contribution < 1.29 is 27.4 Å². The van der Waals surface area contributed by atoms with E-state index in [-0.39, 0.29) is 66.5 Å². The number of carbonyl (C=O) groups is 2. The summed E-state index contributed by atoms with van der Waals surface area (Å²) in [6, 6.07) is 1.01. The Hall–Kier alpha value is -3.51. The van der Waals surface area contributed by atoms with Gasteiger partial charge in [-0.25, -0.2) is 27.3 Å². The van der Waals surface area contributed by atoms with Gasteiger partial charge in [0.1, 0.15) is 11.9 Å². The molecule has 4 aliphatic carbocycles. The van der Waals surface area contributed by atoms with Gasteiger partial charge in [-0.05, 0) is 84.9 Å². The van der Waals surface area contributed by atoms with Gasteiger partial charge in [0.2, 0.25) is 11.8 Å². The molecule has 13 heteroatoms. The van der Waals surface area contributed by atoms with Crippen LogP contribution in [0.1, 0.15) is 123 Å². The zero-order chi connectivity index (χ0) is 30.8. The van der Waals surface area contributed by atoms with Crippen molar-refractivity contribution >= 4 is 17.5 Å². The maximum absolute atomic E-state index is 14.1.